The first-order chi connectivity index (χ1) is 11.0. The monoisotopic (exact) mass is 337 g/mol. The number of hydrogen-bond donors (Lipinski definition) is 2. The molecule has 7 heteroatoms. The molecule has 1 amide bonds. The first-order valence-electron chi connectivity index (χ1n) is 7.42. The zero-order chi connectivity index (χ0) is 17.0. The second kappa shape index (κ2) is 7.48. The standard InChI is InChI=1S/C16H20ClN3O3/c1-4-20-15(17)14(10(3)19-20)16(22)18-12-6-7-13(23-5-2)11(8-12)9-21/h6-8,21H,4-5,9H2,1-3H3,(H,18,22). The number of halogens is 1. The van der Waals surface area contributed by atoms with Gasteiger partial charge in [0.1, 0.15) is 10.9 Å². The summed E-state index contributed by atoms with van der Waals surface area (Å²) in [5.74, 6) is 0.265. The number of benzene rings is 1. The van der Waals surface area contributed by atoms with Gasteiger partial charge in [0.25, 0.3) is 5.91 Å². The third-order valence-electron chi connectivity index (χ3n) is 3.38. The van der Waals surface area contributed by atoms with Gasteiger partial charge in [0.05, 0.1) is 24.5 Å². The van der Waals surface area contributed by atoms with Crippen LogP contribution in [0.15, 0.2) is 18.2 Å². The molecule has 2 N–H and O–H groups in total. The topological polar surface area (TPSA) is 76.4 Å². The minimum absolute atomic E-state index is 0.174. The van der Waals surface area contributed by atoms with Crippen molar-refractivity contribution in [3.63, 3.8) is 0 Å². The van der Waals surface area contributed by atoms with E-state index in [1.807, 2.05) is 13.8 Å². The summed E-state index contributed by atoms with van der Waals surface area (Å²) in [6.45, 7) is 6.43. The number of anilines is 1. The summed E-state index contributed by atoms with van der Waals surface area (Å²) in [5, 5.41) is 16.7. The van der Waals surface area contributed by atoms with Crippen LogP contribution >= 0.6 is 11.6 Å². The molecule has 0 aliphatic rings. The number of ether oxygens (including phenoxy) is 1. The molecule has 0 saturated carbocycles. The Morgan fingerprint density at radius 1 is 1.43 bits per heavy atom. The number of rotatable bonds is 6. The summed E-state index contributed by atoms with van der Waals surface area (Å²) >= 11 is 6.20. The molecule has 0 radical (unpaired) electrons. The van der Waals surface area contributed by atoms with E-state index in [1.165, 1.54) is 0 Å². The molecular weight excluding hydrogens is 318 g/mol. The number of nitrogens with zero attached hydrogens (tertiary/aromatic N) is 2. The maximum atomic E-state index is 12.5. The van der Waals surface area contributed by atoms with Crippen molar-refractivity contribution < 1.29 is 14.6 Å². The summed E-state index contributed by atoms with van der Waals surface area (Å²) in [6, 6.07) is 5.11. The average Bonchev–Trinajstić information content (AvgIpc) is 2.83. The molecule has 23 heavy (non-hydrogen) atoms. The molecule has 0 unspecified atom stereocenters. The van der Waals surface area contributed by atoms with Crippen LogP contribution in [-0.2, 0) is 13.2 Å². The Labute approximate surface area is 140 Å². The zero-order valence-electron chi connectivity index (χ0n) is 13.4. The largest absolute Gasteiger partial charge is 0.494 e. The number of aliphatic hydroxyl groups is 1. The summed E-state index contributed by atoms with van der Waals surface area (Å²) in [7, 11) is 0. The van der Waals surface area contributed by atoms with Crippen LogP contribution < -0.4 is 10.1 Å². The first kappa shape index (κ1) is 17.3. The average molecular weight is 338 g/mol. The second-order valence-corrected chi connectivity index (χ2v) is 5.29. The van der Waals surface area contributed by atoms with E-state index >= 15 is 0 Å². The lowest BCUT2D eigenvalue weighted by Crippen LogP contribution is -2.13. The Kier molecular flexibility index (Phi) is 5.63. The molecule has 6 nitrogen and oxygen atoms in total. The number of aryl methyl sites for hydroxylation is 2. The molecule has 0 spiro atoms. The second-order valence-electron chi connectivity index (χ2n) is 4.93. The van der Waals surface area contributed by atoms with Gasteiger partial charge in [-0.25, -0.2) is 0 Å². The molecule has 0 atom stereocenters. The van der Waals surface area contributed by atoms with E-state index in [0.717, 1.165) is 0 Å². The fraction of sp³-hybridized carbons (Fsp3) is 0.375. The maximum absolute atomic E-state index is 12.5. The number of nitrogens with one attached hydrogen (secondary N) is 1. The number of aromatic nitrogens is 2. The molecule has 0 bridgehead atoms. The molecule has 0 fully saturated rings. The summed E-state index contributed by atoms with van der Waals surface area (Å²) < 4.78 is 6.99. The molecule has 1 heterocycles. The lowest BCUT2D eigenvalue weighted by molar-refractivity contribution is 0.102. The van der Waals surface area contributed by atoms with Crippen molar-refractivity contribution >= 4 is 23.2 Å². The molecule has 0 aliphatic carbocycles. The summed E-state index contributed by atoms with van der Waals surface area (Å²) in [6.07, 6.45) is 0. The van der Waals surface area contributed by atoms with Gasteiger partial charge in [-0.3, -0.25) is 9.48 Å². The molecule has 1 aromatic carbocycles. The first-order valence-corrected chi connectivity index (χ1v) is 7.80. The third-order valence-corrected chi connectivity index (χ3v) is 3.76. The Morgan fingerprint density at radius 2 is 2.17 bits per heavy atom. The van der Waals surface area contributed by atoms with Crippen LogP contribution in [0.1, 0.15) is 35.5 Å². The Bertz CT molecular complexity index is 713. The molecular formula is C16H20ClN3O3. The minimum Gasteiger partial charge on any atom is -0.494 e. The van der Waals surface area contributed by atoms with Crippen molar-refractivity contribution in [2.45, 2.75) is 33.9 Å². The van der Waals surface area contributed by atoms with E-state index < -0.39 is 0 Å². The number of aliphatic hydroxyl groups excluding tert-OH is 1. The number of hydrogen-bond acceptors (Lipinski definition) is 4. The maximum Gasteiger partial charge on any atom is 0.260 e. The predicted octanol–water partition coefficient (Wildman–Crippen LogP) is 3.01. The van der Waals surface area contributed by atoms with E-state index in [-0.39, 0.29) is 12.5 Å². The van der Waals surface area contributed by atoms with E-state index in [2.05, 4.69) is 10.4 Å². The van der Waals surface area contributed by atoms with Crippen molar-refractivity contribution in [3.05, 3.63) is 40.2 Å². The normalized spacial score (nSPS) is 10.7. The lowest BCUT2D eigenvalue weighted by atomic mass is 10.1. The van der Waals surface area contributed by atoms with Gasteiger partial charge in [0, 0.05) is 17.8 Å². The Morgan fingerprint density at radius 3 is 2.74 bits per heavy atom. The number of amides is 1. The van der Waals surface area contributed by atoms with Crippen LogP contribution in [0.25, 0.3) is 0 Å². The van der Waals surface area contributed by atoms with Crippen molar-refractivity contribution in [2.75, 3.05) is 11.9 Å². The highest BCUT2D eigenvalue weighted by atomic mass is 35.5. The lowest BCUT2D eigenvalue weighted by Gasteiger charge is -2.11. The van der Waals surface area contributed by atoms with Crippen LogP contribution in [0.4, 0.5) is 5.69 Å². The van der Waals surface area contributed by atoms with Crippen molar-refractivity contribution in [2.24, 2.45) is 0 Å². The van der Waals surface area contributed by atoms with E-state index in [0.29, 0.717) is 46.6 Å². The summed E-state index contributed by atoms with van der Waals surface area (Å²) in [4.78, 5) is 12.5. The minimum atomic E-state index is -0.333. The highest BCUT2D eigenvalue weighted by molar-refractivity contribution is 6.33. The van der Waals surface area contributed by atoms with Crippen LogP contribution in [0.2, 0.25) is 5.15 Å². The van der Waals surface area contributed by atoms with Crippen molar-refractivity contribution in [1.29, 1.82) is 0 Å². The van der Waals surface area contributed by atoms with Gasteiger partial charge in [-0.15, -0.1) is 0 Å². The third kappa shape index (κ3) is 3.65. The summed E-state index contributed by atoms with van der Waals surface area (Å²) in [5.41, 5.74) is 2.09. The van der Waals surface area contributed by atoms with Crippen LogP contribution in [0.5, 0.6) is 5.75 Å². The highest BCUT2D eigenvalue weighted by Crippen LogP contribution is 2.25. The van der Waals surface area contributed by atoms with Gasteiger partial charge < -0.3 is 15.2 Å². The van der Waals surface area contributed by atoms with Gasteiger partial charge in [-0.2, -0.15) is 5.10 Å². The van der Waals surface area contributed by atoms with Crippen molar-refractivity contribution in [1.82, 2.24) is 9.78 Å². The predicted molar refractivity (Wildman–Crippen MR) is 89.1 cm³/mol. The smallest absolute Gasteiger partial charge is 0.260 e. The van der Waals surface area contributed by atoms with Gasteiger partial charge in [-0.05, 0) is 39.0 Å². The highest BCUT2D eigenvalue weighted by Gasteiger charge is 2.20. The number of carbonyl (C=O) groups excluding carboxylic acids is 1. The van der Waals surface area contributed by atoms with Gasteiger partial charge in [-0.1, -0.05) is 11.6 Å². The van der Waals surface area contributed by atoms with E-state index in [1.54, 1.807) is 29.8 Å². The fourth-order valence-electron chi connectivity index (χ4n) is 2.29. The molecule has 2 rings (SSSR count). The van der Waals surface area contributed by atoms with Crippen LogP contribution in [0.3, 0.4) is 0 Å². The Balaban J connectivity index is 2.25. The van der Waals surface area contributed by atoms with Crippen LogP contribution in [0, 0.1) is 6.92 Å². The van der Waals surface area contributed by atoms with Gasteiger partial charge in [0.15, 0.2) is 0 Å². The van der Waals surface area contributed by atoms with Crippen molar-refractivity contribution in [3.8, 4) is 5.75 Å². The molecule has 2 aromatic rings. The number of carbonyl (C=O) groups is 1. The van der Waals surface area contributed by atoms with Gasteiger partial charge in [0.2, 0.25) is 0 Å². The SMILES string of the molecule is CCOc1ccc(NC(=O)c2c(C)nn(CC)c2Cl)cc1CO. The van der Waals surface area contributed by atoms with E-state index in [4.69, 9.17) is 16.3 Å². The molecule has 0 aliphatic heterocycles. The molecule has 0 saturated heterocycles. The van der Waals surface area contributed by atoms with Gasteiger partial charge >= 0.3 is 0 Å². The zero-order valence-corrected chi connectivity index (χ0v) is 14.1. The van der Waals surface area contributed by atoms with E-state index in [9.17, 15) is 9.90 Å². The van der Waals surface area contributed by atoms with Crippen LogP contribution in [-0.4, -0.2) is 27.4 Å². The quantitative estimate of drug-likeness (QED) is 0.849. The molecule has 124 valence electrons. The Hall–Kier alpha value is -2.05. The molecule has 1 aromatic heterocycles. The fourth-order valence-corrected chi connectivity index (χ4v) is 2.67.